The molecule has 1 saturated carbocycles. The summed E-state index contributed by atoms with van der Waals surface area (Å²) in [6, 6.07) is 7.26. The Balaban J connectivity index is 1.28. The average Bonchev–Trinajstić information content (AvgIpc) is 3.61. The molecule has 2 unspecified atom stereocenters. The zero-order valence-corrected chi connectivity index (χ0v) is 25.2. The number of nitriles is 1. The first-order chi connectivity index (χ1) is 21.0. The van der Waals surface area contributed by atoms with E-state index >= 15 is 0 Å². The number of carbonyl (C=O) groups is 1. The molecular weight excluding hydrogens is 540 g/mol. The summed E-state index contributed by atoms with van der Waals surface area (Å²) in [5.41, 5.74) is 7.23. The highest BCUT2D eigenvalue weighted by Gasteiger charge is 2.36. The first-order valence-electron chi connectivity index (χ1n) is 15.6. The molecule has 2 aromatic heterocycles. The lowest BCUT2D eigenvalue weighted by atomic mass is 9.95. The van der Waals surface area contributed by atoms with E-state index in [9.17, 15) is 10.1 Å². The maximum Gasteiger partial charge on any atom is 0.246 e. The third kappa shape index (κ3) is 4.99. The van der Waals surface area contributed by atoms with Crippen molar-refractivity contribution in [3.8, 4) is 11.9 Å². The van der Waals surface area contributed by atoms with Crippen molar-refractivity contribution in [1.29, 1.82) is 5.26 Å². The highest BCUT2D eigenvalue weighted by molar-refractivity contribution is 5.94. The molecule has 224 valence electrons. The molecule has 1 aromatic carbocycles. The van der Waals surface area contributed by atoms with Crippen LogP contribution in [0, 0.1) is 11.3 Å². The topological polar surface area (TPSA) is 105 Å². The van der Waals surface area contributed by atoms with Gasteiger partial charge in [-0.3, -0.25) is 9.89 Å². The maximum atomic E-state index is 12.4. The van der Waals surface area contributed by atoms with Crippen LogP contribution in [0.25, 0.3) is 10.9 Å². The molecule has 3 aromatic rings. The Morgan fingerprint density at radius 1 is 1.21 bits per heavy atom. The molecule has 10 nitrogen and oxygen atoms in total. The van der Waals surface area contributed by atoms with E-state index in [0.29, 0.717) is 56.2 Å². The van der Waals surface area contributed by atoms with Gasteiger partial charge >= 0.3 is 0 Å². The summed E-state index contributed by atoms with van der Waals surface area (Å²) in [7, 11) is 2.13. The summed E-state index contributed by atoms with van der Waals surface area (Å²) in [5.74, 6) is 0.973. The number of carbonyl (C=O) groups excluding carboxylic acids is 1. The minimum atomic E-state index is -0.0519. The highest BCUT2D eigenvalue weighted by atomic mass is 16.5. The summed E-state index contributed by atoms with van der Waals surface area (Å²) in [6.45, 7) is 10.6. The predicted octanol–water partition coefficient (Wildman–Crippen LogP) is 3.97. The minimum Gasteiger partial charge on any atom is -0.475 e. The van der Waals surface area contributed by atoms with Crippen LogP contribution in [0.5, 0.6) is 5.88 Å². The largest absolute Gasteiger partial charge is 0.475 e. The molecule has 5 heterocycles. The third-order valence-electron chi connectivity index (χ3n) is 9.85. The van der Waals surface area contributed by atoms with Crippen molar-refractivity contribution in [2.45, 2.75) is 63.6 Å². The predicted molar refractivity (Wildman–Crippen MR) is 167 cm³/mol. The fourth-order valence-electron chi connectivity index (χ4n) is 7.33. The van der Waals surface area contributed by atoms with Gasteiger partial charge in [0.15, 0.2) is 0 Å². The van der Waals surface area contributed by atoms with Gasteiger partial charge in [0.25, 0.3) is 0 Å². The van der Waals surface area contributed by atoms with E-state index in [1.165, 1.54) is 30.2 Å². The molecule has 1 N–H and O–H groups in total. The molecule has 2 atom stereocenters. The van der Waals surface area contributed by atoms with Crippen molar-refractivity contribution in [3.05, 3.63) is 53.4 Å². The number of hydrogen-bond acceptors (Lipinski definition) is 8. The number of ether oxygens (including phenoxy) is 1. The Labute approximate surface area is 252 Å². The molecule has 10 heteroatoms. The Morgan fingerprint density at radius 3 is 2.79 bits per heavy atom. The van der Waals surface area contributed by atoms with Crippen LogP contribution in [-0.2, 0) is 17.8 Å². The van der Waals surface area contributed by atoms with Crippen molar-refractivity contribution in [2.75, 3.05) is 56.2 Å². The number of likely N-dealkylation sites (tertiary alicyclic amines) is 1. The van der Waals surface area contributed by atoms with E-state index in [1.54, 1.807) is 0 Å². The Hall–Kier alpha value is -4.10. The second-order valence-corrected chi connectivity index (χ2v) is 12.6. The van der Waals surface area contributed by atoms with Crippen molar-refractivity contribution in [2.24, 2.45) is 0 Å². The van der Waals surface area contributed by atoms with E-state index < -0.39 is 0 Å². The van der Waals surface area contributed by atoms with Gasteiger partial charge in [0.1, 0.15) is 18.2 Å². The van der Waals surface area contributed by atoms with Gasteiger partial charge in [-0.15, -0.1) is 0 Å². The number of nitrogens with one attached hydrogen (secondary N) is 1. The van der Waals surface area contributed by atoms with Gasteiger partial charge < -0.3 is 24.3 Å². The molecule has 1 aliphatic carbocycles. The van der Waals surface area contributed by atoms with Crippen molar-refractivity contribution < 1.29 is 9.53 Å². The molecule has 0 bridgehead atoms. The van der Waals surface area contributed by atoms with Crippen molar-refractivity contribution in [1.82, 2.24) is 25.0 Å². The number of anilines is 2. The third-order valence-corrected chi connectivity index (χ3v) is 9.85. The molecule has 7 rings (SSSR count). The molecule has 3 fully saturated rings. The zero-order chi connectivity index (χ0) is 29.7. The van der Waals surface area contributed by atoms with Gasteiger partial charge in [-0.2, -0.15) is 10.4 Å². The first-order valence-corrected chi connectivity index (χ1v) is 15.6. The van der Waals surface area contributed by atoms with Gasteiger partial charge in [-0.05, 0) is 76.2 Å². The molecule has 0 radical (unpaired) electrons. The lowest BCUT2D eigenvalue weighted by molar-refractivity contribution is -0.126. The number of fused-ring (bicyclic) bond motifs is 2. The van der Waals surface area contributed by atoms with Crippen LogP contribution in [0.1, 0.15) is 60.9 Å². The van der Waals surface area contributed by atoms with Gasteiger partial charge in [0.05, 0.1) is 35.3 Å². The monoisotopic (exact) mass is 580 g/mol. The molecule has 1 amide bonds. The Bertz CT molecular complexity index is 1600. The summed E-state index contributed by atoms with van der Waals surface area (Å²) in [6.07, 6.45) is 8.78. The number of hydrogen-bond donors (Lipinski definition) is 1. The molecule has 43 heavy (non-hydrogen) atoms. The van der Waals surface area contributed by atoms with Gasteiger partial charge in [0.2, 0.25) is 11.8 Å². The number of aromatic nitrogens is 3. The van der Waals surface area contributed by atoms with Crippen LogP contribution in [0.4, 0.5) is 11.4 Å². The van der Waals surface area contributed by atoms with Crippen LogP contribution < -0.4 is 14.5 Å². The number of amides is 1. The van der Waals surface area contributed by atoms with E-state index in [2.05, 4.69) is 63.6 Å². The second-order valence-electron chi connectivity index (χ2n) is 12.6. The van der Waals surface area contributed by atoms with E-state index in [0.717, 1.165) is 60.2 Å². The summed E-state index contributed by atoms with van der Waals surface area (Å²) >= 11 is 0. The summed E-state index contributed by atoms with van der Waals surface area (Å²) in [4.78, 5) is 26.5. The smallest absolute Gasteiger partial charge is 0.246 e. The number of nitrogens with zero attached hydrogens (tertiary/aromatic N) is 7. The van der Waals surface area contributed by atoms with Crippen molar-refractivity contribution in [3.63, 3.8) is 0 Å². The molecular formula is C33H40N8O2. The second kappa shape index (κ2) is 11.2. The van der Waals surface area contributed by atoms with E-state index in [-0.39, 0.29) is 11.9 Å². The maximum absolute atomic E-state index is 12.4. The zero-order valence-electron chi connectivity index (χ0n) is 25.2. The van der Waals surface area contributed by atoms with Crippen LogP contribution in [0.2, 0.25) is 0 Å². The van der Waals surface area contributed by atoms with Crippen LogP contribution in [0.15, 0.2) is 31.0 Å². The highest BCUT2D eigenvalue weighted by Crippen LogP contribution is 2.48. The molecule has 4 aliphatic rings. The normalized spacial score (nSPS) is 22.5. The number of H-pyrrole nitrogens is 1. The lowest BCUT2D eigenvalue weighted by Crippen LogP contribution is -2.54. The van der Waals surface area contributed by atoms with Crippen molar-refractivity contribution >= 4 is 28.2 Å². The SMILES string of the molecule is C=CC(=O)N1CCN(c2c(C#N)c(OCC3CCCN3C)nc3c2CCN(c2c(C4CC4)ccc4[nH]ncc24)C3)C(C)C1. The Morgan fingerprint density at radius 2 is 2.07 bits per heavy atom. The lowest BCUT2D eigenvalue weighted by Gasteiger charge is -2.43. The standard InChI is InChI=1S/C33H40N8O2/c1-4-30(42)39-14-15-41(21(2)18-39)32-25-11-13-40(31-24(22-7-8-22)9-10-28-27(31)17-35-37-28)19-29(25)36-33(26(32)16-34)43-20-23-6-5-12-38(23)3/h4,9-10,17,21-23H,1,5-8,11-15,18-20H2,2-3H3,(H,35,37). The molecule has 2 saturated heterocycles. The van der Waals surface area contributed by atoms with E-state index in [1.807, 2.05) is 11.1 Å². The van der Waals surface area contributed by atoms with Gasteiger partial charge in [-0.25, -0.2) is 4.98 Å². The number of piperazine rings is 1. The number of likely N-dealkylation sites (N-methyl/N-ethyl adjacent to an activating group) is 1. The van der Waals surface area contributed by atoms with E-state index in [4.69, 9.17) is 9.72 Å². The minimum absolute atomic E-state index is 0.0317. The average molecular weight is 581 g/mol. The molecule has 0 spiro atoms. The fourth-order valence-corrected chi connectivity index (χ4v) is 7.33. The summed E-state index contributed by atoms with van der Waals surface area (Å²) < 4.78 is 6.45. The van der Waals surface area contributed by atoms with Gasteiger partial charge in [0, 0.05) is 49.2 Å². The Kier molecular flexibility index (Phi) is 7.21. The van der Waals surface area contributed by atoms with Crippen LogP contribution in [0.3, 0.4) is 0 Å². The quantitative estimate of drug-likeness (QED) is 0.419. The number of pyridine rings is 1. The summed E-state index contributed by atoms with van der Waals surface area (Å²) in [5, 5.41) is 19.2. The molecule has 3 aliphatic heterocycles. The van der Waals surface area contributed by atoms with Crippen LogP contribution >= 0.6 is 0 Å². The number of benzene rings is 1. The fraction of sp³-hybridized carbons (Fsp3) is 0.515. The van der Waals surface area contributed by atoms with Crippen LogP contribution in [-0.4, -0.2) is 89.4 Å². The number of aromatic amines is 1. The number of rotatable bonds is 7. The van der Waals surface area contributed by atoms with Gasteiger partial charge in [-0.1, -0.05) is 12.6 Å². The first kappa shape index (κ1) is 27.7.